The second kappa shape index (κ2) is 9.05. The van der Waals surface area contributed by atoms with Crippen LogP contribution in [0.25, 0.3) is 0 Å². The maximum absolute atomic E-state index is 12.0. The topological polar surface area (TPSA) is 64.1 Å². The molecule has 0 radical (unpaired) electrons. The van der Waals surface area contributed by atoms with Crippen LogP contribution in [0.4, 0.5) is 0 Å². The zero-order valence-corrected chi connectivity index (χ0v) is 14.8. The van der Waals surface area contributed by atoms with Crippen LogP contribution >= 0.6 is 23.5 Å². The summed E-state index contributed by atoms with van der Waals surface area (Å²) in [5.41, 5.74) is 0. The van der Waals surface area contributed by atoms with Crippen molar-refractivity contribution in [3.63, 3.8) is 0 Å². The monoisotopic (exact) mass is 361 g/mol. The second-order valence-corrected chi connectivity index (χ2v) is 7.34. The highest BCUT2D eigenvalue weighted by Gasteiger charge is 2.16. The summed E-state index contributed by atoms with van der Waals surface area (Å²) in [6.45, 7) is 1.39. The van der Waals surface area contributed by atoms with E-state index in [2.05, 4.69) is 15.3 Å². The van der Waals surface area contributed by atoms with E-state index in [-0.39, 0.29) is 12.0 Å². The van der Waals surface area contributed by atoms with E-state index in [1.165, 1.54) is 11.8 Å². The number of benzene rings is 1. The summed E-state index contributed by atoms with van der Waals surface area (Å²) in [6, 6.07) is 10.0. The number of nitrogens with zero attached hydrogens (tertiary/aromatic N) is 2. The minimum atomic E-state index is -0.00295. The first-order valence-electron chi connectivity index (χ1n) is 7.86. The Kier molecular flexibility index (Phi) is 6.51. The zero-order valence-electron chi connectivity index (χ0n) is 13.2. The largest absolute Gasteiger partial charge is 0.376 e. The second-order valence-electron chi connectivity index (χ2n) is 5.31. The molecule has 126 valence electrons. The summed E-state index contributed by atoms with van der Waals surface area (Å²) < 4.78 is 5.50. The molecule has 7 heteroatoms. The Hall–Kier alpha value is -1.57. The molecule has 1 unspecified atom stereocenters. The van der Waals surface area contributed by atoms with Crippen molar-refractivity contribution >= 4 is 29.4 Å². The van der Waals surface area contributed by atoms with Gasteiger partial charge in [-0.1, -0.05) is 41.7 Å². The van der Waals surface area contributed by atoms with E-state index in [4.69, 9.17) is 4.74 Å². The van der Waals surface area contributed by atoms with Gasteiger partial charge in [-0.15, -0.1) is 0 Å². The lowest BCUT2D eigenvalue weighted by molar-refractivity contribution is -0.119. The van der Waals surface area contributed by atoms with Crippen molar-refractivity contribution in [1.82, 2.24) is 15.3 Å². The molecule has 0 bridgehead atoms. The highest BCUT2D eigenvalue weighted by atomic mass is 32.2. The molecule has 1 N–H and O–H groups in total. The van der Waals surface area contributed by atoms with Gasteiger partial charge in [-0.05, 0) is 25.0 Å². The molecule has 1 aromatic heterocycles. The summed E-state index contributed by atoms with van der Waals surface area (Å²) in [6.07, 6.45) is 5.60. The molecule has 0 aliphatic carbocycles. The van der Waals surface area contributed by atoms with E-state index < -0.39 is 0 Å². The zero-order chi connectivity index (χ0) is 16.6. The number of ether oxygens (including phenoxy) is 1. The van der Waals surface area contributed by atoms with E-state index in [0.717, 1.165) is 34.4 Å². The molecule has 24 heavy (non-hydrogen) atoms. The van der Waals surface area contributed by atoms with Crippen molar-refractivity contribution in [2.24, 2.45) is 0 Å². The van der Waals surface area contributed by atoms with Crippen molar-refractivity contribution in [1.29, 1.82) is 0 Å². The van der Waals surface area contributed by atoms with Crippen molar-refractivity contribution in [2.75, 3.05) is 18.9 Å². The number of rotatable bonds is 7. The van der Waals surface area contributed by atoms with Gasteiger partial charge in [0.1, 0.15) is 10.1 Å². The highest BCUT2D eigenvalue weighted by molar-refractivity contribution is 8.02. The normalized spacial score (nSPS) is 16.9. The molecule has 1 fully saturated rings. The van der Waals surface area contributed by atoms with Crippen LogP contribution in [0.5, 0.6) is 0 Å². The highest BCUT2D eigenvalue weighted by Crippen LogP contribution is 2.32. The third-order valence-corrected chi connectivity index (χ3v) is 5.59. The fourth-order valence-corrected chi connectivity index (χ4v) is 4.05. The molecule has 1 aliphatic rings. The van der Waals surface area contributed by atoms with Crippen LogP contribution in [-0.4, -0.2) is 40.9 Å². The van der Waals surface area contributed by atoms with Crippen LogP contribution in [-0.2, 0) is 9.53 Å². The van der Waals surface area contributed by atoms with Crippen LogP contribution in [0.15, 0.2) is 57.7 Å². The van der Waals surface area contributed by atoms with Gasteiger partial charge in [0.15, 0.2) is 0 Å². The summed E-state index contributed by atoms with van der Waals surface area (Å²) >= 11 is 2.96. The number of carbonyl (C=O) groups excluding carboxylic acids is 1. The molecule has 0 saturated carbocycles. The Bertz CT molecular complexity index is 664. The van der Waals surface area contributed by atoms with Gasteiger partial charge < -0.3 is 10.1 Å². The van der Waals surface area contributed by atoms with Crippen molar-refractivity contribution < 1.29 is 9.53 Å². The van der Waals surface area contributed by atoms with Gasteiger partial charge in [-0.3, -0.25) is 4.79 Å². The Morgan fingerprint density at radius 1 is 1.21 bits per heavy atom. The maximum atomic E-state index is 12.0. The molecule has 1 saturated heterocycles. The van der Waals surface area contributed by atoms with Crippen LogP contribution in [0.2, 0.25) is 0 Å². The summed E-state index contributed by atoms with van der Waals surface area (Å²) in [7, 11) is 0. The first-order valence-corrected chi connectivity index (χ1v) is 9.66. The number of hydrogen-bond donors (Lipinski definition) is 1. The fraction of sp³-hybridized carbons (Fsp3) is 0.353. The van der Waals surface area contributed by atoms with Crippen molar-refractivity contribution in [3.05, 3.63) is 42.7 Å². The van der Waals surface area contributed by atoms with Gasteiger partial charge in [-0.25, -0.2) is 9.97 Å². The van der Waals surface area contributed by atoms with Crippen LogP contribution in [0.3, 0.4) is 0 Å². The van der Waals surface area contributed by atoms with Gasteiger partial charge in [-0.2, -0.15) is 0 Å². The minimum Gasteiger partial charge on any atom is -0.376 e. The third-order valence-electron chi connectivity index (χ3n) is 3.48. The smallest absolute Gasteiger partial charge is 0.230 e. The Labute approximate surface area is 150 Å². The van der Waals surface area contributed by atoms with E-state index >= 15 is 0 Å². The van der Waals surface area contributed by atoms with Gasteiger partial charge in [0.05, 0.1) is 11.9 Å². The summed E-state index contributed by atoms with van der Waals surface area (Å²) in [5, 5.41) is 4.52. The Morgan fingerprint density at radius 2 is 2.00 bits per heavy atom. The predicted octanol–water partition coefficient (Wildman–Crippen LogP) is 3.02. The SMILES string of the molecule is O=C(CSc1nccnc1Sc1ccccc1)NCC1CCCO1. The third kappa shape index (κ3) is 5.22. The maximum Gasteiger partial charge on any atom is 0.230 e. The Morgan fingerprint density at radius 3 is 2.75 bits per heavy atom. The van der Waals surface area contributed by atoms with E-state index in [9.17, 15) is 4.79 Å². The predicted molar refractivity (Wildman–Crippen MR) is 95.3 cm³/mol. The van der Waals surface area contributed by atoms with Gasteiger partial charge in [0.2, 0.25) is 5.91 Å². The van der Waals surface area contributed by atoms with Crippen LogP contribution in [0.1, 0.15) is 12.8 Å². The molecule has 1 amide bonds. The number of carbonyl (C=O) groups is 1. The number of thioether (sulfide) groups is 1. The minimum absolute atomic E-state index is 0.00295. The number of nitrogens with one attached hydrogen (secondary N) is 1. The quantitative estimate of drug-likeness (QED) is 0.765. The molecule has 1 aliphatic heterocycles. The van der Waals surface area contributed by atoms with Gasteiger partial charge in [0, 0.05) is 30.4 Å². The molecule has 1 aromatic carbocycles. The molecule has 2 heterocycles. The van der Waals surface area contributed by atoms with Crippen LogP contribution in [0, 0.1) is 0 Å². The molecular weight excluding hydrogens is 342 g/mol. The molecule has 2 aromatic rings. The van der Waals surface area contributed by atoms with Crippen molar-refractivity contribution in [3.8, 4) is 0 Å². The van der Waals surface area contributed by atoms with Gasteiger partial charge in [0.25, 0.3) is 0 Å². The van der Waals surface area contributed by atoms with Crippen molar-refractivity contribution in [2.45, 2.75) is 33.9 Å². The lowest BCUT2D eigenvalue weighted by Crippen LogP contribution is -2.32. The molecule has 3 rings (SSSR count). The Balaban J connectivity index is 1.52. The number of hydrogen-bond acceptors (Lipinski definition) is 6. The fourth-order valence-electron chi connectivity index (χ4n) is 2.30. The van der Waals surface area contributed by atoms with Crippen LogP contribution < -0.4 is 5.32 Å². The first kappa shape index (κ1) is 17.3. The summed E-state index contributed by atoms with van der Waals surface area (Å²) in [4.78, 5) is 21.8. The molecule has 5 nitrogen and oxygen atoms in total. The molecular formula is C17H19N3O2S2. The van der Waals surface area contributed by atoms with Gasteiger partial charge >= 0.3 is 0 Å². The van der Waals surface area contributed by atoms with E-state index in [1.807, 2.05) is 30.3 Å². The number of amides is 1. The van der Waals surface area contributed by atoms with E-state index in [1.54, 1.807) is 24.2 Å². The lowest BCUT2D eigenvalue weighted by atomic mass is 10.2. The molecule has 0 spiro atoms. The first-order chi connectivity index (χ1) is 11.8. The molecule has 1 atom stereocenters. The lowest BCUT2D eigenvalue weighted by Gasteiger charge is -2.11. The summed E-state index contributed by atoms with van der Waals surface area (Å²) in [5.74, 6) is 0.324. The number of aromatic nitrogens is 2. The van der Waals surface area contributed by atoms with E-state index in [0.29, 0.717) is 12.3 Å². The standard InChI is InChI=1S/C17H19N3O2S2/c21-15(20-11-13-5-4-10-22-13)12-23-16-17(19-9-8-18-16)24-14-6-2-1-3-7-14/h1-3,6-9,13H,4-5,10-12H2,(H,20,21). The average Bonchev–Trinajstić information content (AvgIpc) is 3.14. The average molecular weight is 361 g/mol.